The van der Waals surface area contributed by atoms with Crippen LogP contribution in [0.2, 0.25) is 0 Å². The summed E-state index contributed by atoms with van der Waals surface area (Å²) in [5.41, 5.74) is 6.64. The molecule has 0 aliphatic rings. The monoisotopic (exact) mass is 242 g/mol. The van der Waals surface area contributed by atoms with E-state index in [1.807, 2.05) is 20.8 Å². The minimum atomic E-state index is -0.900. The Morgan fingerprint density at radius 2 is 2.19 bits per heavy atom. The Kier molecular flexibility index (Phi) is 4.44. The zero-order valence-electron chi connectivity index (χ0n) is 9.86. The molecular weight excluding hydrogens is 224 g/mol. The Bertz CT molecular complexity index is 374. The molecule has 0 radical (unpaired) electrons. The highest BCUT2D eigenvalue weighted by Crippen LogP contribution is 2.27. The second-order valence-electron chi connectivity index (χ2n) is 4.15. The SMILES string of the molecule is CCCc1nc(C(N)C(C)C)sc1C(=O)O. The third-order valence-corrected chi connectivity index (χ3v) is 3.59. The predicted molar refractivity (Wildman–Crippen MR) is 64.8 cm³/mol. The fourth-order valence-electron chi connectivity index (χ4n) is 1.37. The summed E-state index contributed by atoms with van der Waals surface area (Å²) >= 11 is 1.21. The van der Waals surface area contributed by atoms with Gasteiger partial charge in [0.2, 0.25) is 0 Å². The number of carbonyl (C=O) groups is 1. The Morgan fingerprint density at radius 1 is 1.56 bits per heavy atom. The number of hydrogen-bond acceptors (Lipinski definition) is 4. The average molecular weight is 242 g/mol. The second kappa shape index (κ2) is 5.41. The maximum Gasteiger partial charge on any atom is 0.347 e. The molecule has 0 aliphatic heterocycles. The van der Waals surface area contributed by atoms with Crippen LogP contribution in [0.25, 0.3) is 0 Å². The van der Waals surface area contributed by atoms with Crippen molar-refractivity contribution in [1.82, 2.24) is 4.98 Å². The number of nitrogens with two attached hydrogens (primary N) is 1. The number of carboxylic acid groups (broad SMARTS) is 1. The fraction of sp³-hybridized carbons (Fsp3) is 0.636. The maximum absolute atomic E-state index is 11.0. The first-order valence-electron chi connectivity index (χ1n) is 5.45. The van der Waals surface area contributed by atoms with E-state index in [9.17, 15) is 4.79 Å². The van der Waals surface area contributed by atoms with Crippen molar-refractivity contribution in [2.75, 3.05) is 0 Å². The van der Waals surface area contributed by atoms with Crippen LogP contribution in [-0.4, -0.2) is 16.1 Å². The zero-order chi connectivity index (χ0) is 12.3. The fourth-order valence-corrected chi connectivity index (χ4v) is 2.50. The van der Waals surface area contributed by atoms with Crippen molar-refractivity contribution in [2.24, 2.45) is 11.7 Å². The summed E-state index contributed by atoms with van der Waals surface area (Å²) in [6, 6.07) is -0.172. The minimum Gasteiger partial charge on any atom is -0.477 e. The van der Waals surface area contributed by atoms with Crippen molar-refractivity contribution in [3.05, 3.63) is 15.6 Å². The highest BCUT2D eigenvalue weighted by molar-refractivity contribution is 7.13. The highest BCUT2D eigenvalue weighted by atomic mass is 32.1. The maximum atomic E-state index is 11.0. The van der Waals surface area contributed by atoms with Crippen molar-refractivity contribution in [1.29, 1.82) is 0 Å². The van der Waals surface area contributed by atoms with Crippen molar-refractivity contribution >= 4 is 17.3 Å². The molecule has 0 saturated carbocycles. The predicted octanol–water partition coefficient (Wildman–Crippen LogP) is 2.45. The highest BCUT2D eigenvalue weighted by Gasteiger charge is 2.21. The van der Waals surface area contributed by atoms with Gasteiger partial charge in [-0.1, -0.05) is 27.2 Å². The van der Waals surface area contributed by atoms with Gasteiger partial charge < -0.3 is 10.8 Å². The quantitative estimate of drug-likeness (QED) is 0.831. The first-order valence-corrected chi connectivity index (χ1v) is 6.27. The third-order valence-electron chi connectivity index (χ3n) is 2.40. The van der Waals surface area contributed by atoms with Gasteiger partial charge in [-0.05, 0) is 12.3 Å². The number of nitrogens with zero attached hydrogens (tertiary/aromatic N) is 1. The average Bonchev–Trinajstić information content (AvgIpc) is 2.61. The number of aryl methyl sites for hydroxylation is 1. The molecule has 0 bridgehead atoms. The summed E-state index contributed by atoms with van der Waals surface area (Å²) in [4.78, 5) is 15.7. The molecule has 4 nitrogen and oxygen atoms in total. The summed E-state index contributed by atoms with van der Waals surface area (Å²) in [7, 11) is 0. The van der Waals surface area contributed by atoms with Gasteiger partial charge in [-0.25, -0.2) is 9.78 Å². The molecule has 3 N–H and O–H groups in total. The summed E-state index contributed by atoms with van der Waals surface area (Å²) in [5.74, 6) is -0.634. The molecule has 1 aromatic heterocycles. The molecule has 1 rings (SSSR count). The number of rotatable bonds is 5. The van der Waals surface area contributed by atoms with Gasteiger partial charge in [0, 0.05) is 0 Å². The molecule has 90 valence electrons. The number of hydrogen-bond donors (Lipinski definition) is 2. The van der Waals surface area contributed by atoms with Crippen LogP contribution in [0.4, 0.5) is 0 Å². The van der Waals surface area contributed by atoms with Crippen LogP contribution in [-0.2, 0) is 6.42 Å². The number of aromatic nitrogens is 1. The van der Waals surface area contributed by atoms with E-state index in [-0.39, 0.29) is 12.0 Å². The van der Waals surface area contributed by atoms with Crippen molar-refractivity contribution in [2.45, 2.75) is 39.7 Å². The molecule has 0 amide bonds. The van der Waals surface area contributed by atoms with Crippen LogP contribution < -0.4 is 5.73 Å². The van der Waals surface area contributed by atoms with E-state index in [2.05, 4.69) is 4.98 Å². The van der Waals surface area contributed by atoms with Gasteiger partial charge in [0.15, 0.2) is 0 Å². The normalized spacial score (nSPS) is 13.1. The van der Waals surface area contributed by atoms with E-state index in [1.165, 1.54) is 11.3 Å². The van der Waals surface area contributed by atoms with Crippen LogP contribution in [0.5, 0.6) is 0 Å². The molecule has 0 spiro atoms. The summed E-state index contributed by atoms with van der Waals surface area (Å²) < 4.78 is 0. The second-order valence-corrected chi connectivity index (χ2v) is 5.18. The topological polar surface area (TPSA) is 76.2 Å². The lowest BCUT2D eigenvalue weighted by molar-refractivity contribution is 0.0700. The molecule has 1 atom stereocenters. The molecule has 0 aliphatic carbocycles. The zero-order valence-corrected chi connectivity index (χ0v) is 10.7. The van der Waals surface area contributed by atoms with Gasteiger partial charge in [-0.15, -0.1) is 11.3 Å². The van der Waals surface area contributed by atoms with E-state index in [0.29, 0.717) is 17.0 Å². The molecular formula is C11H18N2O2S. The first-order chi connectivity index (χ1) is 7.47. The Morgan fingerprint density at radius 3 is 2.62 bits per heavy atom. The smallest absolute Gasteiger partial charge is 0.347 e. The lowest BCUT2D eigenvalue weighted by Gasteiger charge is -2.11. The largest absolute Gasteiger partial charge is 0.477 e. The Balaban J connectivity index is 3.05. The first kappa shape index (κ1) is 13.1. The van der Waals surface area contributed by atoms with Crippen LogP contribution >= 0.6 is 11.3 Å². The van der Waals surface area contributed by atoms with Gasteiger partial charge >= 0.3 is 5.97 Å². The molecule has 0 saturated heterocycles. The van der Waals surface area contributed by atoms with Gasteiger partial charge in [-0.3, -0.25) is 0 Å². The van der Waals surface area contributed by atoms with Crippen LogP contribution in [0, 0.1) is 5.92 Å². The minimum absolute atomic E-state index is 0.172. The number of carboxylic acids is 1. The van der Waals surface area contributed by atoms with E-state index >= 15 is 0 Å². The van der Waals surface area contributed by atoms with Gasteiger partial charge in [0.1, 0.15) is 9.88 Å². The van der Waals surface area contributed by atoms with Gasteiger partial charge in [0.25, 0.3) is 0 Å². The van der Waals surface area contributed by atoms with Crippen molar-refractivity contribution < 1.29 is 9.90 Å². The number of aromatic carboxylic acids is 1. The van der Waals surface area contributed by atoms with Crippen molar-refractivity contribution in [3.8, 4) is 0 Å². The molecule has 0 fully saturated rings. The van der Waals surface area contributed by atoms with Gasteiger partial charge in [-0.2, -0.15) is 0 Å². The Labute approximate surface area is 99.5 Å². The lowest BCUT2D eigenvalue weighted by atomic mass is 10.1. The standard InChI is InChI=1S/C11H18N2O2S/c1-4-5-7-9(11(14)15)16-10(13-7)8(12)6(2)3/h6,8H,4-5,12H2,1-3H3,(H,14,15). The van der Waals surface area contributed by atoms with Crippen molar-refractivity contribution in [3.63, 3.8) is 0 Å². The van der Waals surface area contributed by atoms with E-state index in [0.717, 1.165) is 11.4 Å². The van der Waals surface area contributed by atoms with E-state index in [1.54, 1.807) is 0 Å². The number of thiazole rings is 1. The lowest BCUT2D eigenvalue weighted by Crippen LogP contribution is -2.16. The Hall–Kier alpha value is -0.940. The van der Waals surface area contributed by atoms with Crippen LogP contribution in [0.1, 0.15) is 53.6 Å². The van der Waals surface area contributed by atoms with E-state index < -0.39 is 5.97 Å². The molecule has 16 heavy (non-hydrogen) atoms. The third kappa shape index (κ3) is 2.80. The molecule has 1 heterocycles. The molecule has 5 heteroatoms. The summed E-state index contributed by atoms with van der Waals surface area (Å²) in [6.45, 7) is 6.02. The summed E-state index contributed by atoms with van der Waals surface area (Å²) in [5, 5.41) is 9.79. The van der Waals surface area contributed by atoms with Crippen LogP contribution in [0.15, 0.2) is 0 Å². The molecule has 1 aromatic rings. The summed E-state index contributed by atoms with van der Waals surface area (Å²) in [6.07, 6.45) is 1.59. The molecule has 0 aromatic carbocycles. The molecule has 1 unspecified atom stereocenters. The van der Waals surface area contributed by atoms with Crippen LogP contribution in [0.3, 0.4) is 0 Å². The van der Waals surface area contributed by atoms with E-state index in [4.69, 9.17) is 10.8 Å². The van der Waals surface area contributed by atoms with Gasteiger partial charge in [0.05, 0.1) is 11.7 Å².